The molecule has 1 aromatic carbocycles. The van der Waals surface area contributed by atoms with Gasteiger partial charge in [0.05, 0.1) is 4.47 Å². The Morgan fingerprint density at radius 1 is 1.28 bits per heavy atom. The Morgan fingerprint density at radius 3 is 2.61 bits per heavy atom. The summed E-state index contributed by atoms with van der Waals surface area (Å²) >= 11 is 3.03. The van der Waals surface area contributed by atoms with E-state index in [-0.39, 0.29) is 34.6 Å². The molecule has 0 N–H and O–H groups in total. The van der Waals surface area contributed by atoms with E-state index < -0.39 is 11.6 Å². The molecule has 0 heterocycles. The van der Waals surface area contributed by atoms with Crippen LogP contribution < -0.4 is 0 Å². The molecule has 1 aliphatic rings. The van der Waals surface area contributed by atoms with E-state index in [1.54, 1.807) is 0 Å². The van der Waals surface area contributed by atoms with Gasteiger partial charge in [-0.15, -0.1) is 0 Å². The van der Waals surface area contributed by atoms with Crippen molar-refractivity contribution in [3.8, 4) is 0 Å². The lowest BCUT2D eigenvalue weighted by molar-refractivity contribution is -0.122. The molecule has 4 heteroatoms. The van der Waals surface area contributed by atoms with E-state index >= 15 is 0 Å². The normalized spacial score (nSPS) is 16.2. The van der Waals surface area contributed by atoms with Gasteiger partial charge in [0.2, 0.25) is 0 Å². The molecule has 1 aromatic rings. The van der Waals surface area contributed by atoms with Crippen molar-refractivity contribution in [2.24, 2.45) is 5.92 Å². The van der Waals surface area contributed by atoms with Crippen molar-refractivity contribution in [2.75, 3.05) is 0 Å². The molecule has 2 rings (SSSR count). The first-order valence-corrected chi connectivity index (χ1v) is 7.04. The zero-order chi connectivity index (χ0) is 13.1. The van der Waals surface area contributed by atoms with Gasteiger partial charge in [-0.3, -0.25) is 4.79 Å². The van der Waals surface area contributed by atoms with E-state index in [0.717, 1.165) is 25.7 Å². The van der Waals surface area contributed by atoms with Gasteiger partial charge < -0.3 is 0 Å². The SMILES string of the molecule is O=C(CCc1c(F)ccc(Br)c1F)C1CCCC1. The number of halogens is 3. The predicted molar refractivity (Wildman–Crippen MR) is 69.3 cm³/mol. The maximum absolute atomic E-state index is 13.7. The van der Waals surface area contributed by atoms with E-state index in [9.17, 15) is 13.6 Å². The highest BCUT2D eigenvalue weighted by Crippen LogP contribution is 2.28. The fraction of sp³-hybridized carbons (Fsp3) is 0.500. The van der Waals surface area contributed by atoms with Crippen LogP contribution >= 0.6 is 15.9 Å². The van der Waals surface area contributed by atoms with Crippen LogP contribution in [0.25, 0.3) is 0 Å². The minimum atomic E-state index is -0.589. The van der Waals surface area contributed by atoms with Gasteiger partial charge in [0.1, 0.15) is 17.4 Å². The number of hydrogen-bond donors (Lipinski definition) is 0. The molecular weight excluding hydrogens is 302 g/mol. The van der Waals surface area contributed by atoms with Gasteiger partial charge >= 0.3 is 0 Å². The average molecular weight is 317 g/mol. The number of carbonyl (C=O) groups is 1. The minimum absolute atomic E-state index is 0.00993. The van der Waals surface area contributed by atoms with Crippen LogP contribution in [0.4, 0.5) is 8.78 Å². The molecule has 98 valence electrons. The van der Waals surface area contributed by atoms with Crippen molar-refractivity contribution in [3.05, 3.63) is 33.8 Å². The second-order valence-electron chi connectivity index (χ2n) is 4.77. The molecule has 0 spiro atoms. The summed E-state index contributed by atoms with van der Waals surface area (Å²) in [6, 6.07) is 2.56. The third-order valence-electron chi connectivity index (χ3n) is 3.57. The molecule has 0 bridgehead atoms. The molecule has 0 amide bonds. The van der Waals surface area contributed by atoms with Gasteiger partial charge in [0.25, 0.3) is 0 Å². The maximum atomic E-state index is 13.7. The number of carbonyl (C=O) groups excluding carboxylic acids is 1. The molecule has 1 nitrogen and oxygen atoms in total. The van der Waals surface area contributed by atoms with Crippen LogP contribution in [-0.2, 0) is 11.2 Å². The molecule has 0 saturated heterocycles. The summed E-state index contributed by atoms with van der Waals surface area (Å²) in [4.78, 5) is 11.9. The largest absolute Gasteiger partial charge is 0.299 e. The predicted octanol–water partition coefficient (Wildman–Crippen LogP) is 4.42. The standard InChI is InChI=1S/C14H15BrF2O/c15-11-6-7-12(16)10(14(11)17)5-8-13(18)9-3-1-2-4-9/h6-7,9H,1-5,8H2. The van der Waals surface area contributed by atoms with Crippen LogP contribution in [0, 0.1) is 17.6 Å². The Labute approximate surface area is 114 Å². The number of hydrogen-bond acceptors (Lipinski definition) is 1. The average Bonchev–Trinajstić information content (AvgIpc) is 2.87. The number of Topliss-reactive ketones (excluding diaryl/α,β-unsaturated/α-hetero) is 1. The van der Waals surface area contributed by atoms with E-state index in [2.05, 4.69) is 15.9 Å². The fourth-order valence-corrected chi connectivity index (χ4v) is 2.87. The van der Waals surface area contributed by atoms with Crippen LogP contribution in [0.5, 0.6) is 0 Å². The van der Waals surface area contributed by atoms with Crippen LogP contribution in [0.15, 0.2) is 16.6 Å². The molecule has 1 aliphatic carbocycles. The van der Waals surface area contributed by atoms with Crippen molar-refractivity contribution < 1.29 is 13.6 Å². The molecule has 0 radical (unpaired) electrons. The van der Waals surface area contributed by atoms with E-state index in [1.165, 1.54) is 12.1 Å². The molecule has 18 heavy (non-hydrogen) atoms. The van der Waals surface area contributed by atoms with E-state index in [1.807, 2.05) is 0 Å². The summed E-state index contributed by atoms with van der Waals surface area (Å²) < 4.78 is 27.4. The summed E-state index contributed by atoms with van der Waals surface area (Å²) in [7, 11) is 0. The Morgan fingerprint density at radius 2 is 1.94 bits per heavy atom. The van der Waals surface area contributed by atoms with Crippen molar-refractivity contribution >= 4 is 21.7 Å². The van der Waals surface area contributed by atoms with E-state index in [0.29, 0.717) is 0 Å². The monoisotopic (exact) mass is 316 g/mol. The lowest BCUT2D eigenvalue weighted by atomic mass is 9.96. The fourth-order valence-electron chi connectivity index (χ4n) is 2.50. The van der Waals surface area contributed by atoms with Gasteiger partial charge in [-0.1, -0.05) is 12.8 Å². The molecule has 1 fully saturated rings. The van der Waals surface area contributed by atoms with E-state index in [4.69, 9.17) is 0 Å². The van der Waals surface area contributed by atoms with Gasteiger partial charge in [-0.05, 0) is 47.3 Å². The highest BCUT2D eigenvalue weighted by Gasteiger charge is 2.23. The molecule has 0 aliphatic heterocycles. The zero-order valence-corrected chi connectivity index (χ0v) is 11.6. The second-order valence-corrected chi connectivity index (χ2v) is 5.62. The van der Waals surface area contributed by atoms with Crippen LogP contribution in [0.2, 0.25) is 0 Å². The first kappa shape index (κ1) is 13.7. The molecule has 0 aromatic heterocycles. The first-order chi connectivity index (χ1) is 8.59. The number of benzene rings is 1. The summed E-state index contributed by atoms with van der Waals surface area (Å²) in [5.41, 5.74) is 0.00993. The Hall–Kier alpha value is -0.770. The summed E-state index contributed by atoms with van der Waals surface area (Å²) in [5, 5.41) is 0. The van der Waals surface area contributed by atoms with Gasteiger partial charge in [0, 0.05) is 17.9 Å². The Balaban J connectivity index is 2.01. The highest BCUT2D eigenvalue weighted by molar-refractivity contribution is 9.10. The Kier molecular flexibility index (Phi) is 4.49. The molecule has 0 atom stereocenters. The zero-order valence-electron chi connectivity index (χ0n) is 10.0. The number of ketones is 1. The Bertz CT molecular complexity index is 453. The van der Waals surface area contributed by atoms with Gasteiger partial charge in [-0.25, -0.2) is 8.78 Å². The van der Waals surface area contributed by atoms with Crippen LogP contribution in [0.3, 0.4) is 0 Å². The number of rotatable bonds is 4. The molecule has 0 unspecified atom stereocenters. The summed E-state index contributed by atoms with van der Waals surface area (Å²) in [5.74, 6) is -0.904. The highest BCUT2D eigenvalue weighted by atomic mass is 79.9. The van der Waals surface area contributed by atoms with Crippen LogP contribution in [0.1, 0.15) is 37.7 Å². The minimum Gasteiger partial charge on any atom is -0.299 e. The van der Waals surface area contributed by atoms with Crippen molar-refractivity contribution in [3.63, 3.8) is 0 Å². The van der Waals surface area contributed by atoms with Crippen LogP contribution in [-0.4, -0.2) is 5.78 Å². The second kappa shape index (κ2) is 5.91. The van der Waals surface area contributed by atoms with Gasteiger partial charge in [-0.2, -0.15) is 0 Å². The topological polar surface area (TPSA) is 17.1 Å². The van der Waals surface area contributed by atoms with Gasteiger partial charge in [0.15, 0.2) is 0 Å². The third-order valence-corrected chi connectivity index (χ3v) is 4.18. The lowest BCUT2D eigenvalue weighted by Crippen LogP contribution is -2.12. The third kappa shape index (κ3) is 2.97. The summed E-state index contributed by atoms with van der Waals surface area (Å²) in [6.45, 7) is 0. The first-order valence-electron chi connectivity index (χ1n) is 6.24. The quantitative estimate of drug-likeness (QED) is 0.751. The molecular formula is C14H15BrF2O. The molecule has 1 saturated carbocycles. The van der Waals surface area contributed by atoms with Crippen molar-refractivity contribution in [1.29, 1.82) is 0 Å². The van der Waals surface area contributed by atoms with Crippen molar-refractivity contribution in [1.82, 2.24) is 0 Å². The van der Waals surface area contributed by atoms with Crippen molar-refractivity contribution in [2.45, 2.75) is 38.5 Å². The lowest BCUT2D eigenvalue weighted by Gasteiger charge is -2.09. The smallest absolute Gasteiger partial charge is 0.143 e. The maximum Gasteiger partial charge on any atom is 0.143 e. The summed E-state index contributed by atoms with van der Waals surface area (Å²) in [6.07, 6.45) is 4.43.